The van der Waals surface area contributed by atoms with Crippen LogP contribution >= 0.6 is 11.3 Å². The minimum Gasteiger partial charge on any atom is -0.393 e. The summed E-state index contributed by atoms with van der Waals surface area (Å²) in [5.74, 6) is 0.699. The zero-order valence-corrected chi connectivity index (χ0v) is 14.1. The average Bonchev–Trinajstić information content (AvgIpc) is 3.02. The summed E-state index contributed by atoms with van der Waals surface area (Å²) in [6, 6.07) is 9.93. The van der Waals surface area contributed by atoms with Crippen LogP contribution in [0.2, 0.25) is 0 Å². The van der Waals surface area contributed by atoms with Crippen LogP contribution in [0.1, 0.15) is 18.7 Å². The molecule has 1 fully saturated rings. The van der Waals surface area contributed by atoms with Gasteiger partial charge in [-0.25, -0.2) is 4.98 Å². The lowest BCUT2D eigenvalue weighted by Crippen LogP contribution is -2.36. The van der Waals surface area contributed by atoms with Crippen molar-refractivity contribution in [3.8, 4) is 11.1 Å². The quantitative estimate of drug-likeness (QED) is 0.768. The van der Waals surface area contributed by atoms with Gasteiger partial charge in [0.1, 0.15) is 10.7 Å². The standard InChI is InChI=1S/C18H19N3O2S/c22-13-6-8-21(9-7-13)10-15-19-17(23)16-14(11-24-18(16)20-15)12-4-2-1-3-5-12/h1-5,11,13,22H,6-10H2,(H,19,20,23). The second-order valence-electron chi connectivity index (χ2n) is 6.22. The number of nitrogens with one attached hydrogen (secondary N) is 1. The first-order chi connectivity index (χ1) is 11.7. The third kappa shape index (κ3) is 3.00. The van der Waals surface area contributed by atoms with Crippen LogP contribution in [0.4, 0.5) is 0 Å². The molecule has 0 saturated carbocycles. The molecular formula is C18H19N3O2S. The number of rotatable bonds is 3. The highest BCUT2D eigenvalue weighted by Crippen LogP contribution is 2.30. The van der Waals surface area contributed by atoms with Crippen molar-refractivity contribution in [2.75, 3.05) is 13.1 Å². The molecule has 124 valence electrons. The zero-order chi connectivity index (χ0) is 16.5. The van der Waals surface area contributed by atoms with Crippen molar-refractivity contribution in [3.05, 3.63) is 51.9 Å². The molecule has 0 unspecified atom stereocenters. The van der Waals surface area contributed by atoms with Crippen molar-refractivity contribution < 1.29 is 5.11 Å². The van der Waals surface area contributed by atoms with Gasteiger partial charge in [-0.05, 0) is 18.4 Å². The summed E-state index contributed by atoms with van der Waals surface area (Å²) >= 11 is 1.51. The van der Waals surface area contributed by atoms with Crippen LogP contribution in [0.5, 0.6) is 0 Å². The predicted molar refractivity (Wildman–Crippen MR) is 96.2 cm³/mol. The molecule has 3 heterocycles. The molecule has 0 radical (unpaired) electrons. The number of aliphatic hydroxyl groups is 1. The molecule has 1 saturated heterocycles. The van der Waals surface area contributed by atoms with E-state index in [2.05, 4.69) is 14.9 Å². The highest BCUT2D eigenvalue weighted by Gasteiger charge is 2.19. The summed E-state index contributed by atoms with van der Waals surface area (Å²) in [5.41, 5.74) is 1.90. The predicted octanol–water partition coefficient (Wildman–Crippen LogP) is 2.61. The van der Waals surface area contributed by atoms with E-state index in [0.717, 1.165) is 41.9 Å². The summed E-state index contributed by atoms with van der Waals surface area (Å²) in [7, 11) is 0. The molecule has 0 bridgehead atoms. The Morgan fingerprint density at radius 2 is 2.00 bits per heavy atom. The average molecular weight is 341 g/mol. The lowest BCUT2D eigenvalue weighted by Gasteiger charge is -2.28. The van der Waals surface area contributed by atoms with E-state index in [-0.39, 0.29) is 11.7 Å². The topological polar surface area (TPSA) is 69.2 Å². The normalized spacial score (nSPS) is 16.7. The van der Waals surface area contributed by atoms with E-state index in [1.807, 2.05) is 35.7 Å². The molecule has 24 heavy (non-hydrogen) atoms. The Kier molecular flexibility index (Phi) is 4.18. The molecule has 0 atom stereocenters. The Morgan fingerprint density at radius 1 is 1.25 bits per heavy atom. The van der Waals surface area contributed by atoms with E-state index in [4.69, 9.17) is 0 Å². The smallest absolute Gasteiger partial charge is 0.260 e. The van der Waals surface area contributed by atoms with Crippen molar-refractivity contribution in [1.82, 2.24) is 14.9 Å². The van der Waals surface area contributed by atoms with Gasteiger partial charge in [-0.3, -0.25) is 9.69 Å². The molecule has 0 aliphatic carbocycles. The number of H-pyrrole nitrogens is 1. The van der Waals surface area contributed by atoms with Crippen LogP contribution in [0.25, 0.3) is 21.3 Å². The van der Waals surface area contributed by atoms with Gasteiger partial charge in [-0.15, -0.1) is 11.3 Å². The first-order valence-electron chi connectivity index (χ1n) is 8.17. The van der Waals surface area contributed by atoms with Gasteiger partial charge in [0.2, 0.25) is 0 Å². The van der Waals surface area contributed by atoms with Crippen LogP contribution < -0.4 is 5.56 Å². The first-order valence-corrected chi connectivity index (χ1v) is 9.05. The van der Waals surface area contributed by atoms with Gasteiger partial charge >= 0.3 is 0 Å². The molecule has 1 aliphatic rings. The summed E-state index contributed by atoms with van der Waals surface area (Å²) < 4.78 is 0. The molecule has 5 nitrogen and oxygen atoms in total. The van der Waals surface area contributed by atoms with E-state index in [1.165, 1.54) is 11.3 Å². The second-order valence-corrected chi connectivity index (χ2v) is 7.07. The second kappa shape index (κ2) is 6.47. The molecule has 2 aromatic heterocycles. The molecule has 1 aliphatic heterocycles. The molecule has 4 rings (SSSR count). The molecule has 0 spiro atoms. The molecule has 0 amide bonds. The van der Waals surface area contributed by atoms with Gasteiger partial charge in [0, 0.05) is 24.0 Å². The number of aromatic amines is 1. The summed E-state index contributed by atoms with van der Waals surface area (Å²) in [6.07, 6.45) is 1.37. The monoisotopic (exact) mass is 341 g/mol. The van der Waals surface area contributed by atoms with Crippen LogP contribution in [-0.4, -0.2) is 39.2 Å². The Bertz CT molecular complexity index is 896. The van der Waals surface area contributed by atoms with Gasteiger partial charge in [-0.1, -0.05) is 30.3 Å². The fraction of sp³-hybridized carbons (Fsp3) is 0.333. The zero-order valence-electron chi connectivity index (χ0n) is 13.2. The van der Waals surface area contributed by atoms with Crippen molar-refractivity contribution in [3.63, 3.8) is 0 Å². The number of aliphatic hydroxyl groups excluding tert-OH is 1. The summed E-state index contributed by atoms with van der Waals surface area (Å²) in [5, 5.41) is 12.3. The van der Waals surface area contributed by atoms with Crippen LogP contribution in [-0.2, 0) is 6.54 Å². The Hall–Kier alpha value is -2.02. The van der Waals surface area contributed by atoms with Gasteiger partial charge in [0.25, 0.3) is 5.56 Å². The highest BCUT2D eigenvalue weighted by molar-refractivity contribution is 7.17. The highest BCUT2D eigenvalue weighted by atomic mass is 32.1. The van der Waals surface area contributed by atoms with Gasteiger partial charge in [0.05, 0.1) is 18.0 Å². The Morgan fingerprint density at radius 3 is 2.75 bits per heavy atom. The summed E-state index contributed by atoms with van der Waals surface area (Å²) in [6.45, 7) is 2.29. The van der Waals surface area contributed by atoms with Crippen molar-refractivity contribution in [2.24, 2.45) is 0 Å². The lowest BCUT2D eigenvalue weighted by atomic mass is 10.1. The van der Waals surface area contributed by atoms with Gasteiger partial charge < -0.3 is 10.1 Å². The Balaban J connectivity index is 1.65. The van der Waals surface area contributed by atoms with Crippen LogP contribution in [0.15, 0.2) is 40.5 Å². The molecule has 6 heteroatoms. The molecule has 1 aromatic carbocycles. The fourth-order valence-electron chi connectivity index (χ4n) is 3.19. The number of piperidine rings is 1. The van der Waals surface area contributed by atoms with Crippen molar-refractivity contribution in [1.29, 1.82) is 0 Å². The lowest BCUT2D eigenvalue weighted by molar-refractivity contribution is 0.0780. The molecule has 2 N–H and O–H groups in total. The number of thiophene rings is 1. The first kappa shape index (κ1) is 15.5. The molecular weight excluding hydrogens is 322 g/mol. The number of likely N-dealkylation sites (tertiary alicyclic amines) is 1. The third-order valence-corrected chi connectivity index (χ3v) is 5.38. The van der Waals surface area contributed by atoms with E-state index >= 15 is 0 Å². The Labute approximate surface area is 143 Å². The maximum absolute atomic E-state index is 12.6. The largest absolute Gasteiger partial charge is 0.393 e. The minimum absolute atomic E-state index is 0.0767. The maximum Gasteiger partial charge on any atom is 0.260 e. The number of nitrogens with zero attached hydrogens (tertiary/aromatic N) is 2. The van der Waals surface area contributed by atoms with Crippen molar-refractivity contribution >= 4 is 21.6 Å². The van der Waals surface area contributed by atoms with E-state index in [9.17, 15) is 9.90 Å². The number of aromatic nitrogens is 2. The minimum atomic E-state index is -0.193. The van der Waals surface area contributed by atoms with Crippen LogP contribution in [0.3, 0.4) is 0 Å². The third-order valence-electron chi connectivity index (χ3n) is 4.51. The van der Waals surface area contributed by atoms with Crippen LogP contribution in [0, 0.1) is 0 Å². The number of hydrogen-bond acceptors (Lipinski definition) is 5. The molecule has 3 aromatic rings. The number of benzene rings is 1. The van der Waals surface area contributed by atoms with E-state index in [1.54, 1.807) is 0 Å². The number of fused-ring (bicyclic) bond motifs is 1. The van der Waals surface area contributed by atoms with Crippen molar-refractivity contribution in [2.45, 2.75) is 25.5 Å². The maximum atomic E-state index is 12.6. The SMILES string of the molecule is O=c1[nH]c(CN2CCC(O)CC2)nc2scc(-c3ccccc3)c12. The summed E-state index contributed by atoms with van der Waals surface area (Å²) in [4.78, 5) is 23.2. The number of hydrogen-bond donors (Lipinski definition) is 2. The van der Waals surface area contributed by atoms with E-state index < -0.39 is 0 Å². The van der Waals surface area contributed by atoms with Gasteiger partial charge in [-0.2, -0.15) is 0 Å². The van der Waals surface area contributed by atoms with E-state index in [0.29, 0.717) is 17.8 Å². The van der Waals surface area contributed by atoms with Gasteiger partial charge in [0.15, 0.2) is 0 Å². The fourth-order valence-corrected chi connectivity index (χ4v) is 4.15.